The maximum atomic E-state index is 5.49. The van der Waals surface area contributed by atoms with Crippen LogP contribution in [0.1, 0.15) is 25.5 Å². The number of fused-ring (bicyclic) bond motifs is 1. The van der Waals surface area contributed by atoms with Crippen LogP contribution in [0.25, 0.3) is 10.9 Å². The first-order valence-corrected chi connectivity index (χ1v) is 8.03. The van der Waals surface area contributed by atoms with Crippen LogP contribution in [0.15, 0.2) is 24.3 Å². The second-order valence-corrected chi connectivity index (χ2v) is 5.83. The van der Waals surface area contributed by atoms with Crippen LogP contribution in [0.5, 0.6) is 0 Å². The minimum absolute atomic E-state index is 0.484. The standard InChI is InChI=1S/C17H25N3O/c1-3-20-17-7-5-4-6-14(17)16(19-20)12-15(18-2)13-8-10-21-11-9-13/h4-7,13,15,18H,3,8-12H2,1-2H3. The molecule has 1 fully saturated rings. The van der Waals surface area contributed by atoms with Gasteiger partial charge in [-0.25, -0.2) is 0 Å². The lowest BCUT2D eigenvalue weighted by molar-refractivity contribution is 0.0546. The Kier molecular flexibility index (Phi) is 4.56. The van der Waals surface area contributed by atoms with Crippen LogP contribution in [-0.2, 0) is 17.7 Å². The van der Waals surface area contributed by atoms with Crippen LogP contribution in [0.2, 0.25) is 0 Å². The molecule has 1 aliphatic rings. The van der Waals surface area contributed by atoms with Crippen LogP contribution in [0.4, 0.5) is 0 Å². The van der Waals surface area contributed by atoms with Crippen LogP contribution in [-0.4, -0.2) is 36.1 Å². The molecule has 114 valence electrons. The zero-order valence-electron chi connectivity index (χ0n) is 13.0. The summed E-state index contributed by atoms with van der Waals surface area (Å²) in [5.41, 5.74) is 2.47. The molecule has 3 rings (SSSR count). The largest absolute Gasteiger partial charge is 0.381 e. The van der Waals surface area contributed by atoms with Crippen molar-refractivity contribution >= 4 is 10.9 Å². The summed E-state index contributed by atoms with van der Waals surface area (Å²) >= 11 is 0. The normalized spacial score (nSPS) is 18.2. The third-order valence-electron chi connectivity index (χ3n) is 4.65. The van der Waals surface area contributed by atoms with Gasteiger partial charge in [-0.3, -0.25) is 4.68 Å². The quantitative estimate of drug-likeness (QED) is 0.919. The van der Waals surface area contributed by atoms with Gasteiger partial charge in [0.05, 0.1) is 11.2 Å². The fourth-order valence-corrected chi connectivity index (χ4v) is 3.42. The smallest absolute Gasteiger partial charge is 0.0718 e. The Labute approximate surface area is 126 Å². The van der Waals surface area contributed by atoms with Crippen molar-refractivity contribution in [2.45, 2.75) is 38.8 Å². The highest BCUT2D eigenvalue weighted by Crippen LogP contribution is 2.25. The van der Waals surface area contributed by atoms with Crippen LogP contribution < -0.4 is 5.32 Å². The molecule has 0 amide bonds. The highest BCUT2D eigenvalue weighted by molar-refractivity contribution is 5.82. The van der Waals surface area contributed by atoms with Gasteiger partial charge in [0.25, 0.3) is 0 Å². The second-order valence-electron chi connectivity index (χ2n) is 5.83. The first kappa shape index (κ1) is 14.5. The number of likely N-dealkylation sites (N-methyl/N-ethyl adjacent to an activating group) is 1. The van der Waals surface area contributed by atoms with Crippen molar-refractivity contribution < 1.29 is 4.74 Å². The number of rotatable bonds is 5. The summed E-state index contributed by atoms with van der Waals surface area (Å²) in [4.78, 5) is 0. The van der Waals surface area contributed by atoms with Crippen molar-refractivity contribution in [2.24, 2.45) is 5.92 Å². The van der Waals surface area contributed by atoms with Gasteiger partial charge >= 0.3 is 0 Å². The Morgan fingerprint density at radius 2 is 2.10 bits per heavy atom. The topological polar surface area (TPSA) is 39.1 Å². The summed E-state index contributed by atoms with van der Waals surface area (Å²) in [5, 5.41) is 9.64. The molecule has 0 radical (unpaired) electrons. The van der Waals surface area contributed by atoms with Gasteiger partial charge in [-0.2, -0.15) is 5.10 Å². The molecule has 1 atom stereocenters. The Morgan fingerprint density at radius 3 is 2.81 bits per heavy atom. The van der Waals surface area contributed by atoms with Gasteiger partial charge in [0.1, 0.15) is 0 Å². The average Bonchev–Trinajstić information content (AvgIpc) is 2.91. The van der Waals surface area contributed by atoms with Crippen LogP contribution in [0.3, 0.4) is 0 Å². The maximum absolute atomic E-state index is 5.49. The number of ether oxygens (including phenoxy) is 1. The lowest BCUT2D eigenvalue weighted by Gasteiger charge is -2.29. The first-order chi connectivity index (χ1) is 10.3. The van der Waals surface area contributed by atoms with Crippen molar-refractivity contribution in [3.8, 4) is 0 Å². The molecule has 1 aliphatic heterocycles. The fraction of sp³-hybridized carbons (Fsp3) is 0.588. The van der Waals surface area contributed by atoms with Gasteiger partial charge in [0.2, 0.25) is 0 Å². The van der Waals surface area contributed by atoms with E-state index >= 15 is 0 Å². The number of nitrogens with zero attached hydrogens (tertiary/aromatic N) is 2. The predicted octanol–water partition coefficient (Wildman–Crippen LogP) is 2.61. The SMILES string of the molecule is CCn1nc(CC(NC)C2CCOCC2)c2ccccc21. The summed E-state index contributed by atoms with van der Waals surface area (Å²) in [5.74, 6) is 0.689. The molecule has 1 aromatic heterocycles. The summed E-state index contributed by atoms with van der Waals surface area (Å²) in [6.45, 7) is 4.86. The summed E-state index contributed by atoms with van der Waals surface area (Å²) in [6.07, 6.45) is 3.30. The highest BCUT2D eigenvalue weighted by atomic mass is 16.5. The first-order valence-electron chi connectivity index (χ1n) is 8.03. The molecule has 4 nitrogen and oxygen atoms in total. The van der Waals surface area contributed by atoms with E-state index in [1.54, 1.807) is 0 Å². The second kappa shape index (κ2) is 6.58. The molecule has 0 spiro atoms. The van der Waals surface area contributed by atoms with E-state index in [0.29, 0.717) is 12.0 Å². The maximum Gasteiger partial charge on any atom is 0.0718 e. The van der Waals surface area contributed by atoms with E-state index in [-0.39, 0.29) is 0 Å². The van der Waals surface area contributed by atoms with Gasteiger partial charge < -0.3 is 10.1 Å². The van der Waals surface area contributed by atoms with Gasteiger partial charge in [-0.15, -0.1) is 0 Å². The molecular weight excluding hydrogens is 262 g/mol. The molecule has 0 aliphatic carbocycles. The summed E-state index contributed by atoms with van der Waals surface area (Å²) in [7, 11) is 2.07. The predicted molar refractivity (Wildman–Crippen MR) is 85.5 cm³/mol. The molecule has 2 aromatic rings. The van der Waals surface area contributed by atoms with Crippen molar-refractivity contribution in [1.82, 2.24) is 15.1 Å². The number of benzene rings is 1. The number of aryl methyl sites for hydroxylation is 1. The third kappa shape index (κ3) is 2.97. The van der Waals surface area contributed by atoms with Crippen molar-refractivity contribution in [2.75, 3.05) is 20.3 Å². The molecule has 1 aromatic carbocycles. The number of para-hydroxylation sites is 1. The van der Waals surface area contributed by atoms with Gasteiger partial charge in [-0.1, -0.05) is 18.2 Å². The summed E-state index contributed by atoms with van der Waals surface area (Å²) < 4.78 is 7.60. The lowest BCUT2D eigenvalue weighted by atomic mass is 9.88. The molecule has 1 saturated heterocycles. The molecule has 21 heavy (non-hydrogen) atoms. The minimum atomic E-state index is 0.484. The molecule has 0 bridgehead atoms. The van der Waals surface area contributed by atoms with Gasteiger partial charge in [0.15, 0.2) is 0 Å². The number of aromatic nitrogens is 2. The Morgan fingerprint density at radius 1 is 1.33 bits per heavy atom. The molecular formula is C17H25N3O. The molecule has 1 N–H and O–H groups in total. The lowest BCUT2D eigenvalue weighted by Crippen LogP contribution is -2.38. The van der Waals surface area contributed by atoms with E-state index < -0.39 is 0 Å². The molecule has 1 unspecified atom stereocenters. The molecule has 2 heterocycles. The zero-order chi connectivity index (χ0) is 14.7. The van der Waals surface area contributed by atoms with E-state index in [0.717, 1.165) is 39.0 Å². The van der Waals surface area contributed by atoms with Crippen molar-refractivity contribution in [1.29, 1.82) is 0 Å². The van der Waals surface area contributed by atoms with Gasteiger partial charge in [0, 0.05) is 37.6 Å². The van der Waals surface area contributed by atoms with E-state index in [1.807, 2.05) is 0 Å². The van der Waals surface area contributed by atoms with Crippen molar-refractivity contribution in [3.63, 3.8) is 0 Å². The zero-order valence-corrected chi connectivity index (χ0v) is 13.0. The monoisotopic (exact) mass is 287 g/mol. The summed E-state index contributed by atoms with van der Waals surface area (Å²) in [6, 6.07) is 9.04. The Balaban J connectivity index is 1.85. The van der Waals surface area contributed by atoms with E-state index in [4.69, 9.17) is 9.84 Å². The number of hydrogen-bond acceptors (Lipinski definition) is 3. The third-order valence-corrected chi connectivity index (χ3v) is 4.65. The van der Waals surface area contributed by atoms with E-state index in [2.05, 4.69) is 48.2 Å². The number of nitrogens with one attached hydrogen (secondary N) is 1. The van der Waals surface area contributed by atoms with Crippen LogP contribution >= 0.6 is 0 Å². The van der Waals surface area contributed by atoms with E-state index in [1.165, 1.54) is 16.6 Å². The van der Waals surface area contributed by atoms with Gasteiger partial charge in [-0.05, 0) is 38.8 Å². The average molecular weight is 287 g/mol. The Hall–Kier alpha value is -1.39. The molecule has 4 heteroatoms. The fourth-order valence-electron chi connectivity index (χ4n) is 3.42. The van der Waals surface area contributed by atoms with Crippen LogP contribution in [0, 0.1) is 5.92 Å². The highest BCUT2D eigenvalue weighted by Gasteiger charge is 2.24. The molecule has 0 saturated carbocycles. The Bertz CT molecular complexity index is 587. The minimum Gasteiger partial charge on any atom is -0.381 e. The number of hydrogen-bond donors (Lipinski definition) is 1. The van der Waals surface area contributed by atoms with Crippen molar-refractivity contribution in [3.05, 3.63) is 30.0 Å². The van der Waals surface area contributed by atoms with E-state index in [9.17, 15) is 0 Å².